The predicted octanol–water partition coefficient (Wildman–Crippen LogP) is 2.13. The van der Waals surface area contributed by atoms with Crippen molar-refractivity contribution >= 4 is 5.78 Å². The molecule has 0 bridgehead atoms. The van der Waals surface area contributed by atoms with E-state index in [1.165, 1.54) is 6.42 Å². The van der Waals surface area contributed by atoms with E-state index in [1.54, 1.807) is 0 Å². The third-order valence-corrected chi connectivity index (χ3v) is 4.27. The first kappa shape index (κ1) is 13.0. The van der Waals surface area contributed by atoms with Crippen LogP contribution in [0, 0.1) is 17.8 Å². The summed E-state index contributed by atoms with van der Waals surface area (Å²) in [5.41, 5.74) is 5.58. The minimum Gasteiger partial charge on any atom is -0.366 e. The highest BCUT2D eigenvalue weighted by molar-refractivity contribution is 5.85. The first-order chi connectivity index (χ1) is 8.10. The number of hydrogen-bond acceptors (Lipinski definition) is 3. The van der Waals surface area contributed by atoms with Crippen molar-refractivity contribution < 1.29 is 9.53 Å². The van der Waals surface area contributed by atoms with Crippen molar-refractivity contribution in [1.82, 2.24) is 0 Å². The molecule has 1 aliphatic carbocycles. The molecule has 0 aromatic heterocycles. The summed E-state index contributed by atoms with van der Waals surface area (Å²) in [5.74, 6) is 1.94. The smallest absolute Gasteiger partial charge is 0.164 e. The van der Waals surface area contributed by atoms with Crippen molar-refractivity contribution in [3.05, 3.63) is 0 Å². The topological polar surface area (TPSA) is 52.3 Å². The van der Waals surface area contributed by atoms with Crippen molar-refractivity contribution in [2.75, 3.05) is 6.54 Å². The van der Waals surface area contributed by atoms with Gasteiger partial charge in [0.2, 0.25) is 0 Å². The monoisotopic (exact) mass is 239 g/mol. The number of carbonyl (C=O) groups is 1. The molecule has 0 radical (unpaired) electrons. The number of hydrogen-bond donors (Lipinski definition) is 1. The second kappa shape index (κ2) is 5.49. The molecule has 1 saturated carbocycles. The number of rotatable bonds is 3. The average molecular weight is 239 g/mol. The Bertz CT molecular complexity index is 269. The van der Waals surface area contributed by atoms with E-state index < -0.39 is 0 Å². The highest BCUT2D eigenvalue weighted by Crippen LogP contribution is 2.35. The maximum atomic E-state index is 12.4. The fourth-order valence-electron chi connectivity index (χ4n) is 3.53. The van der Waals surface area contributed by atoms with Gasteiger partial charge in [-0.2, -0.15) is 0 Å². The van der Waals surface area contributed by atoms with Crippen LogP contribution >= 0.6 is 0 Å². The van der Waals surface area contributed by atoms with E-state index >= 15 is 0 Å². The van der Waals surface area contributed by atoms with Crippen molar-refractivity contribution in [3.63, 3.8) is 0 Å². The molecule has 0 spiro atoms. The average Bonchev–Trinajstić information content (AvgIpc) is 2.75. The third kappa shape index (κ3) is 3.08. The number of nitrogens with two attached hydrogens (primary N) is 1. The van der Waals surface area contributed by atoms with Gasteiger partial charge in [-0.15, -0.1) is 0 Å². The summed E-state index contributed by atoms with van der Waals surface area (Å²) in [4.78, 5) is 12.4. The maximum Gasteiger partial charge on any atom is 0.164 e. The van der Waals surface area contributed by atoms with Gasteiger partial charge in [0.05, 0.1) is 6.10 Å². The molecule has 98 valence electrons. The molecule has 1 saturated heterocycles. The van der Waals surface area contributed by atoms with Crippen LogP contribution in [0.15, 0.2) is 0 Å². The third-order valence-electron chi connectivity index (χ3n) is 4.27. The Kier molecular flexibility index (Phi) is 4.21. The zero-order valence-electron chi connectivity index (χ0n) is 11.0. The molecule has 3 nitrogen and oxygen atoms in total. The summed E-state index contributed by atoms with van der Waals surface area (Å²) in [6.45, 7) is 5.06. The van der Waals surface area contributed by atoms with E-state index in [1.807, 2.05) is 0 Å². The fourth-order valence-corrected chi connectivity index (χ4v) is 3.53. The van der Waals surface area contributed by atoms with Gasteiger partial charge < -0.3 is 10.5 Å². The molecular formula is C14H25NO2. The van der Waals surface area contributed by atoms with Crippen LogP contribution in [-0.4, -0.2) is 24.5 Å². The molecule has 2 rings (SSSR count). The molecule has 4 unspecified atom stereocenters. The highest BCUT2D eigenvalue weighted by atomic mass is 16.5. The zero-order valence-corrected chi connectivity index (χ0v) is 11.0. The van der Waals surface area contributed by atoms with Gasteiger partial charge in [-0.25, -0.2) is 0 Å². The lowest BCUT2D eigenvalue weighted by atomic mass is 9.74. The van der Waals surface area contributed by atoms with Gasteiger partial charge in [0.15, 0.2) is 5.78 Å². The highest BCUT2D eigenvalue weighted by Gasteiger charge is 2.36. The normalized spacial score (nSPS) is 42.6. The SMILES string of the molecule is CC1CC(C)CC(C(=O)C2CCC(CN)O2)C1. The van der Waals surface area contributed by atoms with Crippen LogP contribution in [0.5, 0.6) is 0 Å². The Morgan fingerprint density at radius 3 is 2.35 bits per heavy atom. The molecule has 2 fully saturated rings. The van der Waals surface area contributed by atoms with Crippen LogP contribution < -0.4 is 5.73 Å². The molecule has 1 aliphatic heterocycles. The Labute approximate surface area is 104 Å². The van der Waals surface area contributed by atoms with Crippen LogP contribution in [-0.2, 0) is 9.53 Å². The van der Waals surface area contributed by atoms with Crippen molar-refractivity contribution in [1.29, 1.82) is 0 Å². The van der Waals surface area contributed by atoms with Gasteiger partial charge in [-0.05, 0) is 43.9 Å². The number of Topliss-reactive ketones (excluding diaryl/α,β-unsaturated/α-hetero) is 1. The molecule has 4 atom stereocenters. The standard InChI is InChI=1S/C14H25NO2/c1-9-5-10(2)7-11(6-9)14(16)13-4-3-12(8-15)17-13/h9-13H,3-8,15H2,1-2H3. The van der Waals surface area contributed by atoms with Gasteiger partial charge in [0.25, 0.3) is 0 Å². The number of ketones is 1. The van der Waals surface area contributed by atoms with Gasteiger partial charge in [-0.3, -0.25) is 4.79 Å². The predicted molar refractivity (Wildman–Crippen MR) is 67.6 cm³/mol. The van der Waals surface area contributed by atoms with E-state index in [2.05, 4.69) is 13.8 Å². The quantitative estimate of drug-likeness (QED) is 0.821. The van der Waals surface area contributed by atoms with Crippen molar-refractivity contribution in [2.24, 2.45) is 23.5 Å². The molecule has 2 N–H and O–H groups in total. The minimum atomic E-state index is -0.161. The second-order valence-electron chi connectivity index (χ2n) is 6.08. The van der Waals surface area contributed by atoms with Crippen LogP contribution in [0.25, 0.3) is 0 Å². The maximum absolute atomic E-state index is 12.4. The Balaban J connectivity index is 1.91. The van der Waals surface area contributed by atoms with Crippen LogP contribution in [0.2, 0.25) is 0 Å². The lowest BCUT2D eigenvalue weighted by Crippen LogP contribution is -2.34. The molecule has 0 amide bonds. The summed E-state index contributed by atoms with van der Waals surface area (Å²) >= 11 is 0. The van der Waals surface area contributed by atoms with Crippen LogP contribution in [0.4, 0.5) is 0 Å². The van der Waals surface area contributed by atoms with Gasteiger partial charge in [0, 0.05) is 12.5 Å². The second-order valence-corrected chi connectivity index (χ2v) is 6.08. The lowest BCUT2D eigenvalue weighted by molar-refractivity contribution is -0.135. The first-order valence-corrected chi connectivity index (χ1v) is 6.99. The molecule has 1 heterocycles. The van der Waals surface area contributed by atoms with Gasteiger partial charge >= 0.3 is 0 Å². The van der Waals surface area contributed by atoms with Crippen molar-refractivity contribution in [3.8, 4) is 0 Å². The van der Waals surface area contributed by atoms with E-state index in [4.69, 9.17) is 10.5 Å². The Morgan fingerprint density at radius 1 is 1.18 bits per heavy atom. The first-order valence-electron chi connectivity index (χ1n) is 6.99. The summed E-state index contributed by atoms with van der Waals surface area (Å²) < 4.78 is 5.72. The summed E-state index contributed by atoms with van der Waals surface area (Å²) in [6, 6.07) is 0. The molecule has 2 aliphatic rings. The zero-order chi connectivity index (χ0) is 12.4. The lowest BCUT2D eigenvalue weighted by Gasteiger charge is -2.31. The molecule has 0 aromatic carbocycles. The van der Waals surface area contributed by atoms with E-state index in [9.17, 15) is 4.79 Å². The van der Waals surface area contributed by atoms with Gasteiger partial charge in [0.1, 0.15) is 6.10 Å². The fraction of sp³-hybridized carbons (Fsp3) is 0.929. The van der Waals surface area contributed by atoms with Crippen LogP contribution in [0.1, 0.15) is 46.0 Å². The minimum absolute atomic E-state index is 0.113. The Hall–Kier alpha value is -0.410. The molecule has 0 aromatic rings. The summed E-state index contributed by atoms with van der Waals surface area (Å²) in [7, 11) is 0. The Morgan fingerprint density at radius 2 is 1.82 bits per heavy atom. The molecular weight excluding hydrogens is 214 g/mol. The van der Waals surface area contributed by atoms with Gasteiger partial charge in [-0.1, -0.05) is 13.8 Å². The largest absolute Gasteiger partial charge is 0.366 e. The number of ether oxygens (including phenoxy) is 1. The molecule has 17 heavy (non-hydrogen) atoms. The summed E-state index contributed by atoms with van der Waals surface area (Å²) in [6.07, 6.45) is 5.14. The van der Waals surface area contributed by atoms with E-state index in [0.717, 1.165) is 25.7 Å². The summed E-state index contributed by atoms with van der Waals surface area (Å²) in [5, 5.41) is 0. The number of carbonyl (C=O) groups excluding carboxylic acids is 1. The van der Waals surface area contributed by atoms with E-state index in [-0.39, 0.29) is 18.1 Å². The van der Waals surface area contributed by atoms with Crippen LogP contribution in [0.3, 0.4) is 0 Å². The van der Waals surface area contributed by atoms with E-state index in [0.29, 0.717) is 24.2 Å². The van der Waals surface area contributed by atoms with Crippen molar-refractivity contribution in [2.45, 2.75) is 58.2 Å². The molecule has 3 heteroatoms.